The molecular formula is C23H23N5. The topological polar surface area (TPSA) is 64.8 Å². The van der Waals surface area contributed by atoms with Gasteiger partial charge in [0.05, 0.1) is 11.6 Å². The number of aromatic nitrogens is 2. The third-order valence-electron chi connectivity index (χ3n) is 5.17. The van der Waals surface area contributed by atoms with Crippen LogP contribution in [0.2, 0.25) is 0 Å². The molecule has 5 heteroatoms. The monoisotopic (exact) mass is 369 g/mol. The van der Waals surface area contributed by atoms with Crippen LogP contribution in [0, 0.1) is 17.2 Å². The fourth-order valence-corrected chi connectivity index (χ4v) is 3.67. The number of nitrogens with one attached hydrogen (secondary N) is 1. The lowest BCUT2D eigenvalue weighted by Crippen LogP contribution is -2.35. The van der Waals surface area contributed by atoms with E-state index in [1.165, 1.54) is 5.56 Å². The summed E-state index contributed by atoms with van der Waals surface area (Å²) >= 11 is 0. The number of benzene rings is 2. The molecule has 0 spiro atoms. The highest BCUT2D eigenvalue weighted by molar-refractivity contribution is 5.59. The number of hydrogen-bond donors (Lipinski definition) is 1. The molecule has 0 aliphatic carbocycles. The number of anilines is 3. The Morgan fingerprint density at radius 1 is 1.04 bits per heavy atom. The number of rotatable bonds is 5. The van der Waals surface area contributed by atoms with Gasteiger partial charge in [0.1, 0.15) is 5.82 Å². The van der Waals surface area contributed by atoms with Gasteiger partial charge in [0.2, 0.25) is 5.95 Å². The minimum absolute atomic E-state index is 0.625. The molecule has 0 amide bonds. The normalized spacial score (nSPS) is 14.5. The van der Waals surface area contributed by atoms with Crippen LogP contribution in [0.4, 0.5) is 17.5 Å². The zero-order valence-electron chi connectivity index (χ0n) is 15.8. The first-order chi connectivity index (χ1) is 13.8. The van der Waals surface area contributed by atoms with Crippen LogP contribution in [0.15, 0.2) is 66.9 Å². The molecule has 28 heavy (non-hydrogen) atoms. The molecule has 0 unspecified atom stereocenters. The summed E-state index contributed by atoms with van der Waals surface area (Å²) in [7, 11) is 0. The maximum atomic E-state index is 9.05. The second-order valence-corrected chi connectivity index (χ2v) is 7.18. The van der Waals surface area contributed by atoms with Crippen LogP contribution < -0.4 is 10.2 Å². The van der Waals surface area contributed by atoms with Gasteiger partial charge in [0.15, 0.2) is 0 Å². The van der Waals surface area contributed by atoms with E-state index >= 15 is 0 Å². The van der Waals surface area contributed by atoms with Gasteiger partial charge in [-0.3, -0.25) is 0 Å². The Labute approximate surface area is 165 Å². The van der Waals surface area contributed by atoms with Crippen LogP contribution in [-0.4, -0.2) is 23.1 Å². The largest absolute Gasteiger partial charge is 0.341 e. The van der Waals surface area contributed by atoms with Crippen molar-refractivity contribution >= 4 is 17.5 Å². The van der Waals surface area contributed by atoms with Crippen molar-refractivity contribution < 1.29 is 0 Å². The third-order valence-corrected chi connectivity index (χ3v) is 5.17. The van der Waals surface area contributed by atoms with Crippen molar-refractivity contribution in [1.82, 2.24) is 9.97 Å². The van der Waals surface area contributed by atoms with Crippen molar-refractivity contribution in [2.24, 2.45) is 5.92 Å². The van der Waals surface area contributed by atoms with E-state index in [0.717, 1.165) is 49.8 Å². The van der Waals surface area contributed by atoms with Gasteiger partial charge in [-0.05, 0) is 55.0 Å². The Kier molecular flexibility index (Phi) is 5.48. The van der Waals surface area contributed by atoms with Gasteiger partial charge in [-0.15, -0.1) is 0 Å². The molecule has 1 aliphatic rings. The smallest absolute Gasteiger partial charge is 0.227 e. The Bertz CT molecular complexity index is 956. The predicted octanol–water partition coefficient (Wildman–Crippen LogP) is 4.55. The fraction of sp³-hybridized carbons (Fsp3) is 0.261. The summed E-state index contributed by atoms with van der Waals surface area (Å²) in [5.74, 6) is 2.22. The van der Waals surface area contributed by atoms with Crippen molar-refractivity contribution in [1.29, 1.82) is 5.26 Å². The molecule has 0 saturated carbocycles. The Hall–Kier alpha value is -3.39. The van der Waals surface area contributed by atoms with Gasteiger partial charge in [-0.1, -0.05) is 36.4 Å². The Balaban J connectivity index is 1.38. The molecule has 2 aromatic carbocycles. The highest BCUT2D eigenvalue weighted by Gasteiger charge is 2.21. The van der Waals surface area contributed by atoms with Crippen LogP contribution >= 0.6 is 0 Å². The van der Waals surface area contributed by atoms with E-state index < -0.39 is 0 Å². The Morgan fingerprint density at radius 3 is 2.64 bits per heavy atom. The lowest BCUT2D eigenvalue weighted by atomic mass is 9.90. The summed E-state index contributed by atoms with van der Waals surface area (Å²) in [6, 6.07) is 22.1. The van der Waals surface area contributed by atoms with E-state index in [9.17, 15) is 0 Å². The summed E-state index contributed by atoms with van der Waals surface area (Å²) in [6.07, 6.45) is 5.24. The molecule has 5 nitrogen and oxygen atoms in total. The van der Waals surface area contributed by atoms with E-state index in [1.54, 1.807) is 12.3 Å². The van der Waals surface area contributed by atoms with E-state index in [-0.39, 0.29) is 0 Å². The van der Waals surface area contributed by atoms with Crippen LogP contribution in [0.1, 0.15) is 24.0 Å². The first kappa shape index (κ1) is 18.0. The molecule has 1 fully saturated rings. The van der Waals surface area contributed by atoms with Crippen molar-refractivity contribution in [3.63, 3.8) is 0 Å². The predicted molar refractivity (Wildman–Crippen MR) is 112 cm³/mol. The highest BCUT2D eigenvalue weighted by Crippen LogP contribution is 2.25. The minimum atomic E-state index is 0.625. The standard InChI is InChI=1S/C23H23N5/c24-17-20-7-4-8-21(16-20)26-22-9-12-25-23(27-22)28-13-10-19(11-14-28)15-18-5-2-1-3-6-18/h1-9,12,16,19H,10-11,13-15H2,(H,25,26,27). The molecular weight excluding hydrogens is 346 g/mol. The summed E-state index contributed by atoms with van der Waals surface area (Å²) in [6.45, 7) is 1.95. The molecule has 4 rings (SSSR count). The fourth-order valence-electron chi connectivity index (χ4n) is 3.67. The SMILES string of the molecule is N#Cc1cccc(Nc2ccnc(N3CCC(Cc4ccccc4)CC3)n2)c1. The summed E-state index contributed by atoms with van der Waals surface area (Å²) in [5, 5.41) is 12.3. The molecule has 1 saturated heterocycles. The zero-order valence-corrected chi connectivity index (χ0v) is 15.8. The average molecular weight is 369 g/mol. The lowest BCUT2D eigenvalue weighted by Gasteiger charge is -2.32. The van der Waals surface area contributed by atoms with Crippen molar-refractivity contribution in [2.45, 2.75) is 19.3 Å². The third kappa shape index (κ3) is 4.47. The van der Waals surface area contributed by atoms with E-state index in [0.29, 0.717) is 11.5 Å². The summed E-state index contributed by atoms with van der Waals surface area (Å²) in [5.41, 5.74) is 2.90. The average Bonchev–Trinajstić information content (AvgIpc) is 2.75. The number of piperidine rings is 1. The van der Waals surface area contributed by atoms with Gasteiger partial charge in [-0.2, -0.15) is 10.2 Å². The molecule has 0 radical (unpaired) electrons. The van der Waals surface area contributed by atoms with E-state index in [1.807, 2.05) is 24.3 Å². The first-order valence-corrected chi connectivity index (χ1v) is 9.69. The number of nitrogens with zero attached hydrogens (tertiary/aromatic N) is 4. The molecule has 140 valence electrons. The summed E-state index contributed by atoms with van der Waals surface area (Å²) in [4.78, 5) is 11.4. The molecule has 1 aromatic heterocycles. The number of hydrogen-bond acceptors (Lipinski definition) is 5. The highest BCUT2D eigenvalue weighted by atomic mass is 15.3. The zero-order chi connectivity index (χ0) is 19.2. The number of nitriles is 1. The lowest BCUT2D eigenvalue weighted by molar-refractivity contribution is 0.400. The van der Waals surface area contributed by atoms with Gasteiger partial charge >= 0.3 is 0 Å². The molecule has 0 atom stereocenters. The van der Waals surface area contributed by atoms with Crippen LogP contribution in [0.25, 0.3) is 0 Å². The molecule has 1 N–H and O–H groups in total. The van der Waals surface area contributed by atoms with Gasteiger partial charge in [0.25, 0.3) is 0 Å². The minimum Gasteiger partial charge on any atom is -0.341 e. The van der Waals surface area contributed by atoms with Gasteiger partial charge < -0.3 is 10.2 Å². The van der Waals surface area contributed by atoms with Crippen molar-refractivity contribution in [3.8, 4) is 6.07 Å². The van der Waals surface area contributed by atoms with E-state index in [4.69, 9.17) is 5.26 Å². The van der Waals surface area contributed by atoms with Gasteiger partial charge in [-0.25, -0.2) is 4.98 Å². The first-order valence-electron chi connectivity index (χ1n) is 9.69. The van der Waals surface area contributed by atoms with Gasteiger partial charge in [0, 0.05) is 25.0 Å². The van der Waals surface area contributed by atoms with Crippen molar-refractivity contribution in [3.05, 3.63) is 78.0 Å². The second kappa shape index (κ2) is 8.53. The molecule has 1 aliphatic heterocycles. The quantitative estimate of drug-likeness (QED) is 0.715. The maximum Gasteiger partial charge on any atom is 0.227 e. The van der Waals surface area contributed by atoms with Crippen LogP contribution in [-0.2, 0) is 6.42 Å². The molecule has 3 aromatic rings. The van der Waals surface area contributed by atoms with E-state index in [2.05, 4.69) is 56.6 Å². The molecule has 0 bridgehead atoms. The second-order valence-electron chi connectivity index (χ2n) is 7.18. The van der Waals surface area contributed by atoms with Crippen LogP contribution in [0.5, 0.6) is 0 Å². The molecule has 2 heterocycles. The van der Waals surface area contributed by atoms with Crippen LogP contribution in [0.3, 0.4) is 0 Å². The maximum absolute atomic E-state index is 9.05. The van der Waals surface area contributed by atoms with Crippen molar-refractivity contribution in [2.75, 3.05) is 23.3 Å². The summed E-state index contributed by atoms with van der Waals surface area (Å²) < 4.78 is 0. The Morgan fingerprint density at radius 2 is 1.86 bits per heavy atom.